The number of hydrogen-bond donors (Lipinski definition) is 0. The molecule has 2 aromatic carbocycles. The van der Waals surface area contributed by atoms with Crippen molar-refractivity contribution in [3.63, 3.8) is 0 Å². The van der Waals surface area contributed by atoms with Gasteiger partial charge in [0.15, 0.2) is 4.32 Å². The van der Waals surface area contributed by atoms with E-state index < -0.39 is 17.6 Å². The van der Waals surface area contributed by atoms with E-state index in [0.29, 0.717) is 17.1 Å². The molecule has 28 heavy (non-hydrogen) atoms. The van der Waals surface area contributed by atoms with Gasteiger partial charge in [-0.3, -0.25) is 9.69 Å². The van der Waals surface area contributed by atoms with Gasteiger partial charge in [-0.05, 0) is 42.0 Å². The number of alkyl halides is 3. The van der Waals surface area contributed by atoms with Crippen LogP contribution in [0.1, 0.15) is 11.1 Å². The second-order valence-electron chi connectivity index (χ2n) is 5.71. The van der Waals surface area contributed by atoms with Gasteiger partial charge in [0.25, 0.3) is 5.91 Å². The Kier molecular flexibility index (Phi) is 5.66. The molecule has 1 fully saturated rings. The number of methoxy groups -OCH3 is 2. The predicted octanol–water partition coefficient (Wildman–Crippen LogP) is 5.13. The second-order valence-corrected chi connectivity index (χ2v) is 7.39. The summed E-state index contributed by atoms with van der Waals surface area (Å²) in [6.07, 6.45) is -2.92. The number of amides is 1. The number of rotatable bonds is 4. The molecule has 1 amide bonds. The normalized spacial score (nSPS) is 16.0. The van der Waals surface area contributed by atoms with Gasteiger partial charge >= 0.3 is 6.18 Å². The molecule has 2 aromatic rings. The standard InChI is InChI=1S/C19H14F3NO3S2/c1-25-14-6-11(7-15(10-14)26-2)8-16-17(24)23(18(27)28-16)13-5-3-4-12(9-13)19(20,21)22/h3-10H,1-2H3/b16-8-. The molecular weight excluding hydrogens is 411 g/mol. The van der Waals surface area contributed by atoms with Crippen LogP contribution in [0.3, 0.4) is 0 Å². The number of carbonyl (C=O) groups is 1. The molecule has 4 nitrogen and oxygen atoms in total. The number of halogens is 3. The molecule has 0 atom stereocenters. The van der Waals surface area contributed by atoms with Crippen LogP contribution in [0, 0.1) is 0 Å². The zero-order valence-corrected chi connectivity index (χ0v) is 16.4. The average molecular weight is 425 g/mol. The van der Waals surface area contributed by atoms with Gasteiger partial charge in [-0.1, -0.05) is 30.0 Å². The number of carbonyl (C=O) groups excluding carboxylic acids is 1. The van der Waals surface area contributed by atoms with Gasteiger partial charge in [0.05, 0.1) is 30.4 Å². The quantitative estimate of drug-likeness (QED) is 0.502. The van der Waals surface area contributed by atoms with E-state index in [1.165, 1.54) is 26.4 Å². The monoisotopic (exact) mass is 425 g/mol. The average Bonchev–Trinajstić information content (AvgIpc) is 2.94. The first-order valence-corrected chi connectivity index (χ1v) is 9.13. The fourth-order valence-electron chi connectivity index (χ4n) is 2.58. The summed E-state index contributed by atoms with van der Waals surface area (Å²) < 4.78 is 49.5. The van der Waals surface area contributed by atoms with Crippen LogP contribution in [0.15, 0.2) is 47.4 Å². The topological polar surface area (TPSA) is 38.8 Å². The number of hydrogen-bond acceptors (Lipinski definition) is 5. The Morgan fingerprint density at radius 3 is 2.29 bits per heavy atom. The highest BCUT2D eigenvalue weighted by atomic mass is 32.2. The van der Waals surface area contributed by atoms with Crippen LogP contribution in [0.5, 0.6) is 11.5 Å². The van der Waals surface area contributed by atoms with Crippen molar-refractivity contribution in [2.24, 2.45) is 0 Å². The summed E-state index contributed by atoms with van der Waals surface area (Å²) in [4.78, 5) is 14.2. The van der Waals surface area contributed by atoms with E-state index in [4.69, 9.17) is 21.7 Å². The van der Waals surface area contributed by atoms with Gasteiger partial charge in [-0.25, -0.2) is 0 Å². The Balaban J connectivity index is 1.96. The van der Waals surface area contributed by atoms with Crippen LogP contribution in [-0.4, -0.2) is 24.4 Å². The highest BCUT2D eigenvalue weighted by Gasteiger charge is 2.36. The van der Waals surface area contributed by atoms with E-state index in [2.05, 4.69) is 0 Å². The zero-order valence-electron chi connectivity index (χ0n) is 14.7. The maximum Gasteiger partial charge on any atom is 0.416 e. The molecule has 9 heteroatoms. The third kappa shape index (κ3) is 4.15. The Morgan fingerprint density at radius 2 is 1.71 bits per heavy atom. The lowest BCUT2D eigenvalue weighted by Gasteiger charge is -2.16. The maximum atomic E-state index is 13.0. The van der Waals surface area contributed by atoms with Gasteiger partial charge in [0.1, 0.15) is 11.5 Å². The minimum absolute atomic E-state index is 0.0731. The molecule has 0 spiro atoms. The highest BCUT2D eigenvalue weighted by Crippen LogP contribution is 2.39. The molecule has 0 aromatic heterocycles. The van der Waals surface area contributed by atoms with E-state index in [1.807, 2.05) is 0 Å². The molecule has 0 radical (unpaired) electrons. The first-order chi connectivity index (χ1) is 13.2. The van der Waals surface area contributed by atoms with E-state index in [1.54, 1.807) is 24.3 Å². The van der Waals surface area contributed by atoms with Crippen molar-refractivity contribution < 1.29 is 27.4 Å². The number of nitrogens with zero attached hydrogens (tertiary/aromatic N) is 1. The number of anilines is 1. The molecule has 1 aliphatic heterocycles. The molecule has 0 N–H and O–H groups in total. The second kappa shape index (κ2) is 7.84. The van der Waals surface area contributed by atoms with Crippen molar-refractivity contribution in [1.82, 2.24) is 0 Å². The summed E-state index contributed by atoms with van der Waals surface area (Å²) >= 11 is 6.24. The van der Waals surface area contributed by atoms with Crippen LogP contribution < -0.4 is 14.4 Å². The number of thioether (sulfide) groups is 1. The summed E-state index contributed by atoms with van der Waals surface area (Å²) in [6.45, 7) is 0. The zero-order chi connectivity index (χ0) is 20.5. The molecule has 1 aliphatic rings. The van der Waals surface area contributed by atoms with Crippen LogP contribution in [-0.2, 0) is 11.0 Å². The van der Waals surface area contributed by atoms with Gasteiger partial charge < -0.3 is 9.47 Å². The Morgan fingerprint density at radius 1 is 1.07 bits per heavy atom. The first kappa shape index (κ1) is 20.2. The minimum atomic E-state index is -4.51. The summed E-state index contributed by atoms with van der Waals surface area (Å²) in [6, 6.07) is 9.61. The largest absolute Gasteiger partial charge is 0.497 e. The predicted molar refractivity (Wildman–Crippen MR) is 107 cm³/mol. The van der Waals surface area contributed by atoms with Gasteiger partial charge in [0.2, 0.25) is 0 Å². The minimum Gasteiger partial charge on any atom is -0.497 e. The molecule has 1 saturated heterocycles. The van der Waals surface area contributed by atoms with Gasteiger partial charge in [-0.2, -0.15) is 13.2 Å². The molecule has 0 aliphatic carbocycles. The number of benzene rings is 2. The summed E-state index contributed by atoms with van der Waals surface area (Å²) in [5, 5.41) is 0. The van der Waals surface area contributed by atoms with Crippen molar-refractivity contribution >= 4 is 46.0 Å². The Hall–Kier alpha value is -2.52. The summed E-state index contributed by atoms with van der Waals surface area (Å²) in [5.74, 6) is 0.592. The van der Waals surface area contributed by atoms with E-state index in [-0.39, 0.29) is 14.9 Å². The Bertz CT molecular complexity index is 951. The van der Waals surface area contributed by atoms with Crippen molar-refractivity contribution in [1.29, 1.82) is 0 Å². The lowest BCUT2D eigenvalue weighted by molar-refractivity contribution is -0.137. The number of thiocarbonyl (C=S) groups is 1. The molecule has 0 saturated carbocycles. The third-order valence-corrected chi connectivity index (χ3v) is 5.20. The van der Waals surface area contributed by atoms with E-state index >= 15 is 0 Å². The molecule has 0 bridgehead atoms. The van der Waals surface area contributed by atoms with Crippen molar-refractivity contribution in [3.05, 3.63) is 58.5 Å². The summed E-state index contributed by atoms with van der Waals surface area (Å²) in [7, 11) is 3.01. The molecule has 3 rings (SSSR count). The van der Waals surface area contributed by atoms with Crippen molar-refractivity contribution in [2.45, 2.75) is 6.18 Å². The lowest BCUT2D eigenvalue weighted by atomic mass is 10.1. The SMILES string of the molecule is COc1cc(/C=C2\SC(=S)N(c3cccc(C(F)(F)F)c3)C2=O)cc(OC)c1. The van der Waals surface area contributed by atoms with Crippen LogP contribution in [0.2, 0.25) is 0 Å². The van der Waals surface area contributed by atoms with Crippen LogP contribution >= 0.6 is 24.0 Å². The first-order valence-electron chi connectivity index (χ1n) is 7.91. The lowest BCUT2D eigenvalue weighted by Crippen LogP contribution is -2.27. The highest BCUT2D eigenvalue weighted by molar-refractivity contribution is 8.27. The van der Waals surface area contributed by atoms with Crippen LogP contribution in [0.4, 0.5) is 18.9 Å². The fraction of sp³-hybridized carbons (Fsp3) is 0.158. The van der Waals surface area contributed by atoms with Crippen molar-refractivity contribution in [3.8, 4) is 11.5 Å². The Labute approximate surface area is 168 Å². The van der Waals surface area contributed by atoms with Crippen LogP contribution in [0.25, 0.3) is 6.08 Å². The molecule has 0 unspecified atom stereocenters. The molecular formula is C19H14F3NO3S2. The molecule has 146 valence electrons. The van der Waals surface area contributed by atoms with Gasteiger partial charge in [0, 0.05) is 6.07 Å². The number of ether oxygens (including phenoxy) is 2. The van der Waals surface area contributed by atoms with E-state index in [9.17, 15) is 18.0 Å². The van der Waals surface area contributed by atoms with Gasteiger partial charge in [-0.15, -0.1) is 0 Å². The maximum absolute atomic E-state index is 13.0. The van der Waals surface area contributed by atoms with Crippen molar-refractivity contribution in [2.75, 3.05) is 19.1 Å². The molecule has 1 heterocycles. The third-order valence-electron chi connectivity index (χ3n) is 3.90. The summed E-state index contributed by atoms with van der Waals surface area (Å²) in [5.41, 5.74) is -0.134. The fourth-order valence-corrected chi connectivity index (χ4v) is 3.87. The van der Waals surface area contributed by atoms with E-state index in [0.717, 1.165) is 28.8 Å². The smallest absolute Gasteiger partial charge is 0.416 e.